The van der Waals surface area contributed by atoms with Crippen LogP contribution in [0.3, 0.4) is 0 Å². The molecule has 2 aliphatic rings. The lowest BCUT2D eigenvalue weighted by atomic mass is 9.97. The van der Waals surface area contributed by atoms with Crippen molar-refractivity contribution in [2.75, 3.05) is 45.9 Å². The van der Waals surface area contributed by atoms with Crippen LogP contribution in [0.5, 0.6) is 0 Å². The molecule has 2 atom stereocenters. The van der Waals surface area contributed by atoms with E-state index in [1.165, 1.54) is 41.3 Å². The molecular weight excluding hydrogens is 624 g/mol. The predicted octanol–water partition coefficient (Wildman–Crippen LogP) is 4.26. The fourth-order valence-electron chi connectivity index (χ4n) is 5.22. The fraction of sp³-hybridized carbons (Fsp3) is 0.379. The number of nitrogens with one attached hydrogen (secondary N) is 1. The second kappa shape index (κ2) is 13.7. The molecule has 2 fully saturated rings. The third-order valence-electron chi connectivity index (χ3n) is 7.37. The highest BCUT2D eigenvalue weighted by Crippen LogP contribution is 2.39. The molecule has 0 aliphatic carbocycles. The zero-order chi connectivity index (χ0) is 31.4. The number of hydrogen-bond donors (Lipinski definition) is 1. The third-order valence-corrected chi connectivity index (χ3v) is 8.83. The summed E-state index contributed by atoms with van der Waals surface area (Å²) in [7, 11) is 0. The number of hydrogen-bond acceptors (Lipinski definition) is 8. The van der Waals surface area contributed by atoms with Crippen molar-refractivity contribution in [1.82, 2.24) is 24.9 Å². The number of alkyl halides is 3. The standard InChI is InChI=1S/C29H27ClF4N6O3S/c30-22-4-2-1-3-20(22)27(42)40-28(44-17-18-5-7-19(31)8-6-18)21(15-35)24(37-40)25-26(29(32,33)34)39(10-9-36-25)16-23(41)38-11-13-43-14-12-38/h1-8,25-26,36H,9-14,16-17H2. The number of piperazine rings is 1. The summed E-state index contributed by atoms with van der Waals surface area (Å²) in [5.74, 6) is -1.48. The molecule has 1 aromatic heterocycles. The first-order valence-electron chi connectivity index (χ1n) is 13.7. The molecule has 2 saturated heterocycles. The van der Waals surface area contributed by atoms with Gasteiger partial charge in [-0.15, -0.1) is 11.8 Å². The Kier molecular flexibility index (Phi) is 9.91. The van der Waals surface area contributed by atoms with E-state index in [2.05, 4.69) is 10.4 Å². The molecule has 5 rings (SSSR count). The number of carbonyl (C=O) groups is 2. The Labute approximate surface area is 259 Å². The average molecular weight is 651 g/mol. The first-order chi connectivity index (χ1) is 21.1. The lowest BCUT2D eigenvalue weighted by Gasteiger charge is -2.42. The molecule has 0 radical (unpaired) electrons. The SMILES string of the molecule is N#Cc1c(C2NCCN(CC(=O)N3CCOCC3)C2C(F)(F)F)nn(C(=O)c2ccccc2Cl)c1SCc1ccc(F)cc1. The first kappa shape index (κ1) is 31.9. The number of rotatable bonds is 7. The van der Waals surface area contributed by atoms with Gasteiger partial charge in [-0.05, 0) is 29.8 Å². The van der Waals surface area contributed by atoms with Crippen LogP contribution in [-0.2, 0) is 15.3 Å². The fourth-order valence-corrected chi connectivity index (χ4v) is 6.48. The molecule has 1 amide bonds. The van der Waals surface area contributed by atoms with Gasteiger partial charge < -0.3 is 15.0 Å². The minimum Gasteiger partial charge on any atom is -0.378 e. The van der Waals surface area contributed by atoms with E-state index < -0.39 is 42.4 Å². The summed E-state index contributed by atoms with van der Waals surface area (Å²) in [6.45, 7) is 0.681. The molecule has 2 unspecified atom stereocenters. The minimum atomic E-state index is -4.83. The maximum Gasteiger partial charge on any atom is 0.405 e. The molecule has 3 heterocycles. The summed E-state index contributed by atoms with van der Waals surface area (Å²) in [6.07, 6.45) is -4.83. The van der Waals surface area contributed by atoms with Crippen molar-refractivity contribution in [2.24, 2.45) is 0 Å². The van der Waals surface area contributed by atoms with Gasteiger partial charge in [0.15, 0.2) is 0 Å². The molecule has 232 valence electrons. The topological polar surface area (TPSA) is 103 Å². The van der Waals surface area contributed by atoms with Crippen molar-refractivity contribution in [3.8, 4) is 6.07 Å². The van der Waals surface area contributed by atoms with Gasteiger partial charge >= 0.3 is 6.18 Å². The first-order valence-corrected chi connectivity index (χ1v) is 15.0. The Morgan fingerprint density at radius 2 is 1.82 bits per heavy atom. The molecule has 3 aromatic rings. The number of aromatic nitrogens is 2. The lowest BCUT2D eigenvalue weighted by molar-refractivity contribution is -0.199. The van der Waals surface area contributed by atoms with Gasteiger partial charge in [-0.3, -0.25) is 14.5 Å². The molecular formula is C29H27ClF4N6O3S. The molecule has 44 heavy (non-hydrogen) atoms. The largest absolute Gasteiger partial charge is 0.405 e. The summed E-state index contributed by atoms with van der Waals surface area (Å²) in [4.78, 5) is 29.2. The monoisotopic (exact) mass is 650 g/mol. The second-order valence-electron chi connectivity index (χ2n) is 10.2. The number of ether oxygens (including phenoxy) is 1. The molecule has 1 N–H and O–H groups in total. The number of morpholine rings is 1. The number of benzene rings is 2. The Bertz CT molecular complexity index is 1560. The smallest absolute Gasteiger partial charge is 0.378 e. The van der Waals surface area contributed by atoms with Crippen LogP contribution in [0.1, 0.15) is 33.2 Å². The average Bonchev–Trinajstić information content (AvgIpc) is 3.39. The van der Waals surface area contributed by atoms with Gasteiger partial charge in [0.1, 0.15) is 34.2 Å². The van der Waals surface area contributed by atoms with Gasteiger partial charge in [0.2, 0.25) is 5.91 Å². The number of halogens is 5. The van der Waals surface area contributed by atoms with Crippen LogP contribution in [-0.4, -0.2) is 89.6 Å². The highest BCUT2D eigenvalue weighted by atomic mass is 35.5. The molecule has 0 bridgehead atoms. The van der Waals surface area contributed by atoms with Gasteiger partial charge in [0.25, 0.3) is 5.91 Å². The van der Waals surface area contributed by atoms with E-state index in [9.17, 15) is 32.4 Å². The Hall–Kier alpha value is -3.48. The molecule has 9 nitrogen and oxygen atoms in total. The number of nitrogens with zero attached hydrogens (tertiary/aromatic N) is 5. The maximum atomic E-state index is 14.8. The summed E-state index contributed by atoms with van der Waals surface area (Å²) in [5, 5.41) is 17.5. The molecule has 0 saturated carbocycles. The van der Waals surface area contributed by atoms with Crippen molar-refractivity contribution in [3.05, 3.63) is 81.8 Å². The zero-order valence-corrected chi connectivity index (χ0v) is 24.8. The van der Waals surface area contributed by atoms with Crippen LogP contribution in [0, 0.1) is 17.1 Å². The van der Waals surface area contributed by atoms with Crippen molar-refractivity contribution in [3.63, 3.8) is 0 Å². The van der Waals surface area contributed by atoms with Crippen LogP contribution in [0.25, 0.3) is 0 Å². The van der Waals surface area contributed by atoms with Crippen molar-refractivity contribution in [2.45, 2.75) is 29.0 Å². The Balaban J connectivity index is 1.55. The van der Waals surface area contributed by atoms with Gasteiger partial charge in [0.05, 0.1) is 36.4 Å². The van der Waals surface area contributed by atoms with E-state index in [-0.39, 0.29) is 58.8 Å². The molecule has 2 aliphatic heterocycles. The number of carbonyl (C=O) groups excluding carboxylic acids is 2. The quantitative estimate of drug-likeness (QED) is 0.299. The third kappa shape index (κ3) is 6.92. The van der Waals surface area contributed by atoms with E-state index in [4.69, 9.17) is 16.3 Å². The zero-order valence-electron chi connectivity index (χ0n) is 23.2. The Morgan fingerprint density at radius 1 is 1.11 bits per heavy atom. The number of amides is 1. The lowest BCUT2D eigenvalue weighted by Crippen LogP contribution is -2.61. The van der Waals surface area contributed by atoms with Gasteiger partial charge in [-0.25, -0.2) is 4.39 Å². The summed E-state index contributed by atoms with van der Waals surface area (Å²) < 4.78 is 63.9. The van der Waals surface area contributed by atoms with Gasteiger partial charge in [-0.2, -0.15) is 28.2 Å². The van der Waals surface area contributed by atoms with E-state index in [1.807, 2.05) is 6.07 Å². The highest BCUT2D eigenvalue weighted by molar-refractivity contribution is 7.98. The molecule has 0 spiro atoms. The molecule has 15 heteroatoms. The van der Waals surface area contributed by atoms with Crippen LogP contribution in [0.15, 0.2) is 53.6 Å². The van der Waals surface area contributed by atoms with E-state index in [0.717, 1.165) is 21.3 Å². The highest BCUT2D eigenvalue weighted by Gasteiger charge is 2.52. The Morgan fingerprint density at radius 3 is 2.48 bits per heavy atom. The normalized spacial score (nSPS) is 19.5. The van der Waals surface area contributed by atoms with Crippen LogP contribution < -0.4 is 5.32 Å². The van der Waals surface area contributed by atoms with E-state index in [0.29, 0.717) is 18.8 Å². The number of nitriles is 1. The molecule has 2 aromatic carbocycles. The predicted molar refractivity (Wildman–Crippen MR) is 154 cm³/mol. The summed E-state index contributed by atoms with van der Waals surface area (Å²) in [5.41, 5.74) is 0.195. The van der Waals surface area contributed by atoms with E-state index in [1.54, 1.807) is 12.1 Å². The van der Waals surface area contributed by atoms with Gasteiger partial charge in [0, 0.05) is 31.9 Å². The van der Waals surface area contributed by atoms with Gasteiger partial charge in [-0.1, -0.05) is 35.9 Å². The second-order valence-corrected chi connectivity index (χ2v) is 11.5. The summed E-state index contributed by atoms with van der Waals surface area (Å²) in [6, 6.07) is 9.86. The van der Waals surface area contributed by atoms with Crippen molar-refractivity contribution < 1.29 is 31.9 Å². The minimum absolute atomic E-state index is 0.0148. The van der Waals surface area contributed by atoms with Crippen LogP contribution in [0.2, 0.25) is 5.02 Å². The van der Waals surface area contributed by atoms with E-state index >= 15 is 0 Å². The van der Waals surface area contributed by atoms with Crippen molar-refractivity contribution in [1.29, 1.82) is 5.26 Å². The maximum absolute atomic E-state index is 14.8. The van der Waals surface area contributed by atoms with Crippen LogP contribution in [0.4, 0.5) is 17.6 Å². The van der Waals surface area contributed by atoms with Crippen molar-refractivity contribution >= 4 is 35.2 Å². The summed E-state index contributed by atoms with van der Waals surface area (Å²) >= 11 is 7.28. The van der Waals surface area contributed by atoms with Crippen LogP contribution >= 0.6 is 23.4 Å². The number of thioether (sulfide) groups is 1.